The molecule has 6 heteroatoms. The quantitative estimate of drug-likeness (QED) is 0.527. The zero-order valence-corrected chi connectivity index (χ0v) is 17.6. The van der Waals surface area contributed by atoms with Gasteiger partial charge in [-0.25, -0.2) is 4.98 Å². The molecule has 2 aromatic carbocycles. The lowest BCUT2D eigenvalue weighted by molar-refractivity contribution is 0.0827. The minimum atomic E-state index is -0.0520. The topological polar surface area (TPSA) is 60.1 Å². The Balaban J connectivity index is 1.96. The molecule has 6 nitrogen and oxygen atoms in total. The van der Waals surface area contributed by atoms with Crippen LogP contribution in [0.5, 0.6) is 0 Å². The summed E-state index contributed by atoms with van der Waals surface area (Å²) in [5.41, 5.74) is 4.94. The average molecular weight is 400 g/mol. The fourth-order valence-electron chi connectivity index (χ4n) is 3.66. The highest BCUT2D eigenvalue weighted by Gasteiger charge is 2.17. The maximum Gasteiger partial charge on any atom is 0.253 e. The molecule has 4 aromatic rings. The number of aromatic nitrogens is 3. The van der Waals surface area contributed by atoms with Gasteiger partial charge in [0.1, 0.15) is 5.82 Å². The van der Waals surface area contributed by atoms with Gasteiger partial charge in [0.15, 0.2) is 0 Å². The van der Waals surface area contributed by atoms with E-state index in [1.54, 1.807) is 36.7 Å². The summed E-state index contributed by atoms with van der Waals surface area (Å²) in [7, 11) is 5.23. The molecule has 0 aliphatic rings. The van der Waals surface area contributed by atoms with Gasteiger partial charge in [-0.3, -0.25) is 9.59 Å². The van der Waals surface area contributed by atoms with E-state index in [1.165, 1.54) is 0 Å². The van der Waals surface area contributed by atoms with Crippen molar-refractivity contribution in [1.29, 1.82) is 0 Å². The van der Waals surface area contributed by atoms with Crippen LogP contribution in [0.2, 0.25) is 0 Å². The number of aryl methyl sites for hydroxylation is 2. The van der Waals surface area contributed by atoms with Gasteiger partial charge in [0.2, 0.25) is 0 Å². The summed E-state index contributed by atoms with van der Waals surface area (Å²) in [5.74, 6) is 0.714. The molecule has 1 amide bonds. The molecule has 0 spiro atoms. The van der Waals surface area contributed by atoms with Gasteiger partial charge in [-0.2, -0.15) is 0 Å². The number of imidazole rings is 1. The monoisotopic (exact) mass is 400 g/mol. The van der Waals surface area contributed by atoms with E-state index in [0.29, 0.717) is 17.7 Å². The summed E-state index contributed by atoms with van der Waals surface area (Å²) in [6.45, 7) is 2.41. The average Bonchev–Trinajstić information content (AvgIpc) is 3.09. The molecule has 2 aromatic heterocycles. The van der Waals surface area contributed by atoms with Crippen LogP contribution in [0.4, 0.5) is 0 Å². The number of rotatable bonds is 4. The number of benzene rings is 2. The lowest BCUT2D eigenvalue weighted by Gasteiger charge is -2.13. The van der Waals surface area contributed by atoms with E-state index in [-0.39, 0.29) is 11.5 Å². The first kappa shape index (κ1) is 19.6. The minimum Gasteiger partial charge on any atom is -0.345 e. The second-order valence-corrected chi connectivity index (χ2v) is 7.74. The Morgan fingerprint density at radius 2 is 1.80 bits per heavy atom. The fourth-order valence-corrected chi connectivity index (χ4v) is 3.66. The van der Waals surface area contributed by atoms with Crippen molar-refractivity contribution in [3.05, 3.63) is 87.8 Å². The molecule has 0 fully saturated rings. The first-order valence-corrected chi connectivity index (χ1v) is 9.78. The van der Waals surface area contributed by atoms with Gasteiger partial charge in [-0.05, 0) is 36.8 Å². The molecule has 30 heavy (non-hydrogen) atoms. The largest absolute Gasteiger partial charge is 0.345 e. The molecule has 0 radical (unpaired) electrons. The van der Waals surface area contributed by atoms with Crippen LogP contribution in [0.3, 0.4) is 0 Å². The number of carbonyl (C=O) groups excluding carboxylic acids is 1. The third-order valence-corrected chi connectivity index (χ3v) is 5.21. The first-order valence-electron chi connectivity index (χ1n) is 9.78. The van der Waals surface area contributed by atoms with Crippen LogP contribution in [0.1, 0.15) is 21.5 Å². The maximum absolute atomic E-state index is 12.5. The molecule has 0 saturated heterocycles. The molecule has 0 aliphatic carbocycles. The molecular weight excluding hydrogens is 376 g/mol. The molecule has 152 valence electrons. The highest BCUT2D eigenvalue weighted by Crippen LogP contribution is 2.27. The van der Waals surface area contributed by atoms with Crippen molar-refractivity contribution < 1.29 is 4.79 Å². The summed E-state index contributed by atoms with van der Waals surface area (Å²) in [5, 5.41) is 0. The number of nitrogens with zero attached hydrogens (tertiary/aromatic N) is 4. The number of pyridine rings is 1. The first-order chi connectivity index (χ1) is 14.3. The zero-order chi connectivity index (χ0) is 21.4. The van der Waals surface area contributed by atoms with Gasteiger partial charge in [0.05, 0.1) is 11.0 Å². The Labute approximate surface area is 175 Å². The summed E-state index contributed by atoms with van der Waals surface area (Å²) in [6, 6.07) is 17.6. The van der Waals surface area contributed by atoms with Crippen molar-refractivity contribution in [2.45, 2.75) is 13.5 Å². The van der Waals surface area contributed by atoms with Gasteiger partial charge in [-0.1, -0.05) is 30.3 Å². The lowest BCUT2D eigenvalue weighted by atomic mass is 10.1. The second kappa shape index (κ2) is 7.63. The molecule has 0 atom stereocenters. The summed E-state index contributed by atoms with van der Waals surface area (Å²) in [6.07, 6.45) is 1.81. The van der Waals surface area contributed by atoms with Crippen LogP contribution in [-0.2, 0) is 13.6 Å². The highest BCUT2D eigenvalue weighted by atomic mass is 16.2. The Morgan fingerprint density at radius 1 is 1.07 bits per heavy atom. The number of hydrogen-bond acceptors (Lipinski definition) is 3. The molecule has 0 unspecified atom stereocenters. The van der Waals surface area contributed by atoms with Crippen LogP contribution < -0.4 is 5.56 Å². The fraction of sp³-hybridized carbons (Fsp3) is 0.208. The van der Waals surface area contributed by atoms with Gasteiger partial charge < -0.3 is 14.0 Å². The van der Waals surface area contributed by atoms with Crippen molar-refractivity contribution in [3.8, 4) is 11.4 Å². The van der Waals surface area contributed by atoms with Crippen molar-refractivity contribution in [1.82, 2.24) is 19.0 Å². The van der Waals surface area contributed by atoms with Crippen LogP contribution in [0, 0.1) is 6.92 Å². The predicted octanol–water partition coefficient (Wildman–Crippen LogP) is 3.46. The van der Waals surface area contributed by atoms with Crippen LogP contribution in [0.15, 0.2) is 65.6 Å². The van der Waals surface area contributed by atoms with Crippen LogP contribution >= 0.6 is 0 Å². The molecule has 0 saturated carbocycles. The summed E-state index contributed by atoms with van der Waals surface area (Å²) in [4.78, 5) is 31.1. The Hall–Kier alpha value is -3.67. The van der Waals surface area contributed by atoms with E-state index < -0.39 is 0 Å². The third kappa shape index (κ3) is 3.52. The Kier molecular flexibility index (Phi) is 4.99. The van der Waals surface area contributed by atoms with E-state index in [1.807, 2.05) is 49.5 Å². The maximum atomic E-state index is 12.5. The SMILES string of the molecule is Cc1cc(-c2nc3ccc(C(=O)N(C)C)cc3n2Cc2ccccc2)cn(C)c1=O. The van der Waals surface area contributed by atoms with Gasteiger partial charge >= 0.3 is 0 Å². The standard InChI is InChI=1S/C24H24N4O2/c1-16-12-19(15-27(4)23(16)29)22-25-20-11-10-18(24(30)26(2)3)13-21(20)28(22)14-17-8-6-5-7-9-17/h5-13,15H,14H2,1-4H3. The van der Waals surface area contributed by atoms with Crippen LogP contribution in [-0.4, -0.2) is 39.0 Å². The van der Waals surface area contributed by atoms with Crippen molar-refractivity contribution in [2.75, 3.05) is 14.1 Å². The molecular formula is C24H24N4O2. The van der Waals surface area contributed by atoms with E-state index in [4.69, 9.17) is 4.98 Å². The predicted molar refractivity (Wildman–Crippen MR) is 119 cm³/mol. The Morgan fingerprint density at radius 3 is 2.47 bits per heavy atom. The lowest BCUT2D eigenvalue weighted by Crippen LogP contribution is -2.21. The molecule has 0 bridgehead atoms. The highest BCUT2D eigenvalue weighted by molar-refractivity contribution is 5.97. The number of amides is 1. The van der Waals surface area contributed by atoms with E-state index in [2.05, 4.69) is 16.7 Å². The van der Waals surface area contributed by atoms with E-state index >= 15 is 0 Å². The number of hydrogen-bond donors (Lipinski definition) is 0. The summed E-state index contributed by atoms with van der Waals surface area (Å²) < 4.78 is 3.69. The number of carbonyl (C=O) groups is 1. The minimum absolute atomic E-state index is 0.0247. The van der Waals surface area contributed by atoms with Gasteiger partial charge in [0.25, 0.3) is 11.5 Å². The molecule has 2 heterocycles. The normalized spacial score (nSPS) is 11.1. The molecule has 0 aliphatic heterocycles. The summed E-state index contributed by atoms with van der Waals surface area (Å²) >= 11 is 0. The van der Waals surface area contributed by atoms with E-state index in [0.717, 1.165) is 28.0 Å². The Bertz CT molecular complexity index is 1270. The van der Waals surface area contributed by atoms with E-state index in [9.17, 15) is 9.59 Å². The van der Waals surface area contributed by atoms with Crippen molar-refractivity contribution in [2.24, 2.45) is 7.05 Å². The third-order valence-electron chi connectivity index (χ3n) is 5.21. The second-order valence-electron chi connectivity index (χ2n) is 7.74. The smallest absolute Gasteiger partial charge is 0.253 e. The zero-order valence-electron chi connectivity index (χ0n) is 17.6. The van der Waals surface area contributed by atoms with Crippen molar-refractivity contribution in [3.63, 3.8) is 0 Å². The van der Waals surface area contributed by atoms with Crippen LogP contribution in [0.25, 0.3) is 22.4 Å². The molecule has 0 N–H and O–H groups in total. The van der Waals surface area contributed by atoms with Gasteiger partial charge in [0, 0.05) is 50.6 Å². The van der Waals surface area contributed by atoms with Crippen molar-refractivity contribution >= 4 is 16.9 Å². The number of fused-ring (bicyclic) bond motifs is 1. The molecule has 4 rings (SSSR count). The van der Waals surface area contributed by atoms with Gasteiger partial charge in [-0.15, -0.1) is 0 Å².